The zero-order chi connectivity index (χ0) is 18.4. The lowest BCUT2D eigenvalue weighted by Crippen LogP contribution is -2.38. The molecule has 1 fully saturated rings. The predicted octanol–water partition coefficient (Wildman–Crippen LogP) is 3.48. The highest BCUT2D eigenvalue weighted by Gasteiger charge is 2.19. The molecule has 1 atom stereocenters. The number of hydrogen-bond donors (Lipinski definition) is 2. The van der Waals surface area contributed by atoms with Gasteiger partial charge in [0, 0.05) is 28.5 Å². The molecular formula is C19H21N3O3S. The van der Waals surface area contributed by atoms with Crippen LogP contribution in [-0.2, 0) is 0 Å². The van der Waals surface area contributed by atoms with E-state index in [9.17, 15) is 14.9 Å². The summed E-state index contributed by atoms with van der Waals surface area (Å²) >= 11 is 1.43. The third-order valence-corrected chi connectivity index (χ3v) is 5.42. The Morgan fingerprint density at radius 2 is 2.08 bits per heavy atom. The summed E-state index contributed by atoms with van der Waals surface area (Å²) in [6.07, 6.45) is 2.18. The first-order valence-corrected chi connectivity index (χ1v) is 9.45. The number of amides is 1. The number of non-ortho nitro benzene ring substituents is 1. The van der Waals surface area contributed by atoms with Crippen LogP contribution < -0.4 is 10.6 Å². The quantitative estimate of drug-likeness (QED) is 0.600. The van der Waals surface area contributed by atoms with Crippen molar-refractivity contribution in [3.8, 4) is 0 Å². The van der Waals surface area contributed by atoms with Crippen molar-refractivity contribution in [3.63, 3.8) is 0 Å². The number of nitrogens with one attached hydrogen (secondary N) is 2. The summed E-state index contributed by atoms with van der Waals surface area (Å²) in [4.78, 5) is 25.0. The number of nitro benzene ring substituents is 1. The molecule has 26 heavy (non-hydrogen) atoms. The molecule has 136 valence electrons. The molecule has 1 aliphatic heterocycles. The van der Waals surface area contributed by atoms with E-state index in [0.717, 1.165) is 30.8 Å². The zero-order valence-corrected chi connectivity index (χ0v) is 15.1. The monoisotopic (exact) mass is 371 g/mol. The lowest BCUT2D eigenvalue weighted by Gasteiger charge is -2.23. The fourth-order valence-electron chi connectivity index (χ4n) is 2.94. The summed E-state index contributed by atoms with van der Waals surface area (Å²) in [6, 6.07) is 14.1. The minimum absolute atomic E-state index is 0.0769. The first-order valence-electron chi connectivity index (χ1n) is 8.64. The molecule has 1 unspecified atom stereocenters. The Hall–Kier alpha value is -2.38. The second-order valence-electron chi connectivity index (χ2n) is 6.28. The molecule has 1 heterocycles. The van der Waals surface area contributed by atoms with Crippen molar-refractivity contribution in [2.75, 3.05) is 19.6 Å². The largest absolute Gasteiger partial charge is 0.352 e. The molecule has 7 heteroatoms. The topological polar surface area (TPSA) is 84.3 Å². The van der Waals surface area contributed by atoms with Gasteiger partial charge in [-0.1, -0.05) is 30.0 Å². The maximum atomic E-state index is 12.7. The minimum atomic E-state index is -0.473. The standard InChI is InChI=1S/C19H21N3O3S/c23-19(21-13-14-5-4-10-20-12-14)17-11-15(22(24)25)8-9-18(17)26-16-6-2-1-3-7-16/h1-3,6-9,11,14,20H,4-5,10,12-13H2,(H,21,23). The van der Waals surface area contributed by atoms with Crippen molar-refractivity contribution in [3.05, 3.63) is 64.2 Å². The third kappa shape index (κ3) is 4.83. The molecular weight excluding hydrogens is 350 g/mol. The number of nitrogens with zero attached hydrogens (tertiary/aromatic N) is 1. The summed E-state index contributed by atoms with van der Waals surface area (Å²) in [7, 11) is 0. The molecule has 6 nitrogen and oxygen atoms in total. The molecule has 1 saturated heterocycles. The van der Waals surface area contributed by atoms with Gasteiger partial charge in [-0.05, 0) is 50.0 Å². The second-order valence-corrected chi connectivity index (χ2v) is 7.39. The lowest BCUT2D eigenvalue weighted by molar-refractivity contribution is -0.384. The number of carbonyl (C=O) groups is 1. The van der Waals surface area contributed by atoms with Crippen LogP contribution in [0.4, 0.5) is 5.69 Å². The van der Waals surface area contributed by atoms with E-state index in [1.807, 2.05) is 30.3 Å². The van der Waals surface area contributed by atoms with Gasteiger partial charge >= 0.3 is 0 Å². The Kier molecular flexibility index (Phi) is 6.25. The molecule has 0 spiro atoms. The van der Waals surface area contributed by atoms with E-state index in [-0.39, 0.29) is 11.6 Å². The van der Waals surface area contributed by atoms with Crippen LogP contribution >= 0.6 is 11.8 Å². The summed E-state index contributed by atoms with van der Waals surface area (Å²) in [5.74, 6) is 0.134. The minimum Gasteiger partial charge on any atom is -0.352 e. The van der Waals surface area contributed by atoms with Crippen LogP contribution in [0.15, 0.2) is 58.3 Å². The van der Waals surface area contributed by atoms with Crippen molar-refractivity contribution < 1.29 is 9.72 Å². The Balaban J connectivity index is 1.78. The van der Waals surface area contributed by atoms with Gasteiger partial charge in [0.1, 0.15) is 0 Å². The maximum Gasteiger partial charge on any atom is 0.270 e. The van der Waals surface area contributed by atoms with E-state index in [1.165, 1.54) is 23.9 Å². The molecule has 0 saturated carbocycles. The summed E-state index contributed by atoms with van der Waals surface area (Å²) in [6.45, 7) is 2.48. The van der Waals surface area contributed by atoms with Crippen LogP contribution in [0.25, 0.3) is 0 Å². The van der Waals surface area contributed by atoms with Crippen LogP contribution in [0.5, 0.6) is 0 Å². The highest BCUT2D eigenvalue weighted by atomic mass is 32.2. The van der Waals surface area contributed by atoms with E-state index in [0.29, 0.717) is 22.9 Å². The zero-order valence-electron chi connectivity index (χ0n) is 14.3. The molecule has 2 aromatic rings. The van der Waals surface area contributed by atoms with Crippen LogP contribution in [0.1, 0.15) is 23.2 Å². The van der Waals surface area contributed by atoms with Gasteiger partial charge in [-0.15, -0.1) is 0 Å². The SMILES string of the molecule is O=C(NCC1CCCNC1)c1cc([N+](=O)[O-])ccc1Sc1ccccc1. The smallest absolute Gasteiger partial charge is 0.270 e. The molecule has 0 aromatic heterocycles. The average Bonchev–Trinajstić information content (AvgIpc) is 2.68. The maximum absolute atomic E-state index is 12.7. The Morgan fingerprint density at radius 3 is 2.77 bits per heavy atom. The number of hydrogen-bond acceptors (Lipinski definition) is 5. The van der Waals surface area contributed by atoms with Crippen molar-refractivity contribution in [1.82, 2.24) is 10.6 Å². The van der Waals surface area contributed by atoms with Crippen LogP contribution in [0, 0.1) is 16.0 Å². The van der Waals surface area contributed by atoms with E-state index >= 15 is 0 Å². The van der Waals surface area contributed by atoms with Gasteiger partial charge in [0.15, 0.2) is 0 Å². The van der Waals surface area contributed by atoms with E-state index in [2.05, 4.69) is 10.6 Å². The molecule has 3 rings (SSSR count). The molecule has 2 N–H and O–H groups in total. The normalized spacial score (nSPS) is 16.8. The van der Waals surface area contributed by atoms with Crippen LogP contribution in [0.3, 0.4) is 0 Å². The Labute approximate surface area is 156 Å². The van der Waals surface area contributed by atoms with Gasteiger partial charge in [-0.3, -0.25) is 14.9 Å². The first-order chi connectivity index (χ1) is 12.6. The van der Waals surface area contributed by atoms with Crippen molar-refractivity contribution >= 4 is 23.4 Å². The second kappa shape index (κ2) is 8.82. The van der Waals surface area contributed by atoms with Crippen LogP contribution in [-0.4, -0.2) is 30.5 Å². The molecule has 0 radical (unpaired) electrons. The summed E-state index contributed by atoms with van der Waals surface area (Å²) in [5.41, 5.74) is 0.267. The molecule has 1 amide bonds. The average molecular weight is 371 g/mol. The molecule has 1 aliphatic rings. The van der Waals surface area contributed by atoms with Gasteiger partial charge in [0.05, 0.1) is 10.5 Å². The lowest BCUT2D eigenvalue weighted by atomic mass is 9.99. The van der Waals surface area contributed by atoms with Crippen LogP contribution in [0.2, 0.25) is 0 Å². The summed E-state index contributed by atoms with van der Waals surface area (Å²) < 4.78 is 0. The number of piperidine rings is 1. The summed E-state index contributed by atoms with van der Waals surface area (Å²) in [5, 5.41) is 17.4. The van der Waals surface area contributed by atoms with Gasteiger partial charge in [0.25, 0.3) is 11.6 Å². The van der Waals surface area contributed by atoms with Gasteiger partial charge in [0.2, 0.25) is 0 Å². The van der Waals surface area contributed by atoms with Gasteiger partial charge < -0.3 is 10.6 Å². The predicted molar refractivity (Wildman–Crippen MR) is 102 cm³/mol. The third-order valence-electron chi connectivity index (χ3n) is 4.34. The number of nitro groups is 1. The van der Waals surface area contributed by atoms with Crippen molar-refractivity contribution in [2.45, 2.75) is 22.6 Å². The fourth-order valence-corrected chi connectivity index (χ4v) is 3.89. The van der Waals surface area contributed by atoms with Crippen molar-refractivity contribution in [1.29, 1.82) is 0 Å². The molecule has 2 aromatic carbocycles. The Bertz CT molecular complexity index is 777. The number of carbonyl (C=O) groups excluding carboxylic acids is 1. The van der Waals surface area contributed by atoms with Gasteiger partial charge in [-0.2, -0.15) is 0 Å². The first kappa shape index (κ1) is 18.4. The number of rotatable bonds is 6. The van der Waals surface area contributed by atoms with E-state index in [1.54, 1.807) is 6.07 Å². The van der Waals surface area contributed by atoms with Gasteiger partial charge in [-0.25, -0.2) is 0 Å². The molecule has 0 aliphatic carbocycles. The highest BCUT2D eigenvalue weighted by molar-refractivity contribution is 7.99. The Morgan fingerprint density at radius 1 is 1.27 bits per heavy atom. The fraction of sp³-hybridized carbons (Fsp3) is 0.316. The van der Waals surface area contributed by atoms with E-state index in [4.69, 9.17) is 0 Å². The van der Waals surface area contributed by atoms with E-state index < -0.39 is 4.92 Å². The highest BCUT2D eigenvalue weighted by Crippen LogP contribution is 2.32. The molecule has 0 bridgehead atoms. The van der Waals surface area contributed by atoms with Crippen molar-refractivity contribution in [2.24, 2.45) is 5.92 Å². The number of benzene rings is 2.